The molecule has 3 amide bonds. The maximum atomic E-state index is 13.2. The number of fused-ring (bicyclic) bond motifs is 1. The van der Waals surface area contributed by atoms with Gasteiger partial charge in [-0.05, 0) is 78.5 Å². The van der Waals surface area contributed by atoms with Crippen LogP contribution in [-0.4, -0.2) is 66.1 Å². The van der Waals surface area contributed by atoms with E-state index in [-0.39, 0.29) is 17.7 Å². The number of likely N-dealkylation sites (tertiary alicyclic amines) is 1. The monoisotopic (exact) mass is 617 g/mol. The minimum Gasteiger partial charge on any atom is -0.508 e. The molecule has 4 aromatic carbocycles. The molecule has 0 spiro atoms. The highest BCUT2D eigenvalue weighted by atomic mass is 16.5. The van der Waals surface area contributed by atoms with Crippen LogP contribution in [0.4, 0.5) is 10.5 Å². The molecule has 9 nitrogen and oxygen atoms in total. The third-order valence-electron chi connectivity index (χ3n) is 8.47. The largest absolute Gasteiger partial charge is 0.508 e. The summed E-state index contributed by atoms with van der Waals surface area (Å²) in [6.45, 7) is 4.27. The number of carbonyl (C=O) groups excluding carboxylic acids is 2. The summed E-state index contributed by atoms with van der Waals surface area (Å²) in [4.78, 5) is 30.1. The number of carbonyl (C=O) groups is 2. The van der Waals surface area contributed by atoms with Gasteiger partial charge in [0.25, 0.3) is 5.91 Å². The standard InChI is InChI=1S/C37H39N5O4/c43-32-9-5-8-30(25-32)35-26-42(22-23-46-35)21-20-41-18-14-28(15-19-41)33-10-3-4-11-34(33)36(44)38-16-17-39-37(45)40-31-13-12-27-6-1-2-7-29(27)24-31/h1-13,22-26,28,43H,14-21H2,(H,38,44)(H2,39,40,45). The van der Waals surface area contributed by atoms with Gasteiger partial charge in [0.15, 0.2) is 0 Å². The predicted molar refractivity (Wildman–Crippen MR) is 181 cm³/mol. The second kappa shape index (κ2) is 14.7. The van der Waals surface area contributed by atoms with Crippen LogP contribution in [0.15, 0.2) is 110 Å². The highest BCUT2D eigenvalue weighted by Crippen LogP contribution is 2.31. The van der Waals surface area contributed by atoms with E-state index in [1.54, 1.807) is 24.5 Å². The number of rotatable bonds is 10. The number of nitrogens with zero attached hydrogens (tertiary/aromatic N) is 2. The molecule has 236 valence electrons. The summed E-state index contributed by atoms with van der Waals surface area (Å²) in [7, 11) is 0. The van der Waals surface area contributed by atoms with Crippen LogP contribution in [0.25, 0.3) is 16.5 Å². The molecule has 0 aliphatic carbocycles. The Kier molecular flexibility index (Phi) is 9.80. The van der Waals surface area contributed by atoms with Crippen LogP contribution in [0.5, 0.6) is 5.75 Å². The first-order valence-corrected chi connectivity index (χ1v) is 15.8. The van der Waals surface area contributed by atoms with Gasteiger partial charge in [-0.15, -0.1) is 0 Å². The summed E-state index contributed by atoms with van der Waals surface area (Å²) in [5.41, 5.74) is 3.33. The average molecular weight is 618 g/mol. The van der Waals surface area contributed by atoms with Crippen molar-refractivity contribution in [3.05, 3.63) is 126 Å². The van der Waals surface area contributed by atoms with E-state index in [2.05, 4.69) is 31.8 Å². The molecule has 1 fully saturated rings. The second-order valence-corrected chi connectivity index (χ2v) is 11.6. The number of urea groups is 1. The fraction of sp³-hybridized carbons (Fsp3) is 0.243. The molecule has 4 aromatic rings. The summed E-state index contributed by atoms with van der Waals surface area (Å²) in [6.07, 6.45) is 7.50. The van der Waals surface area contributed by atoms with E-state index < -0.39 is 0 Å². The molecule has 6 rings (SSSR count). The fourth-order valence-corrected chi connectivity index (χ4v) is 6.02. The fourth-order valence-electron chi connectivity index (χ4n) is 6.02. The Labute approximate surface area is 269 Å². The van der Waals surface area contributed by atoms with Crippen molar-refractivity contribution in [2.45, 2.75) is 18.8 Å². The molecule has 0 unspecified atom stereocenters. The van der Waals surface area contributed by atoms with Gasteiger partial charge in [-0.1, -0.05) is 60.7 Å². The lowest BCUT2D eigenvalue weighted by molar-refractivity contribution is 0.0951. The molecule has 0 saturated carbocycles. The minimum atomic E-state index is -0.311. The molecular weight excluding hydrogens is 578 g/mol. The van der Waals surface area contributed by atoms with Crippen molar-refractivity contribution < 1.29 is 19.4 Å². The number of phenols is 1. The number of anilines is 1. The number of piperidine rings is 1. The number of phenolic OH excluding ortho intramolecular Hbond substituents is 1. The average Bonchev–Trinajstić information content (AvgIpc) is 3.09. The number of hydrogen-bond acceptors (Lipinski definition) is 6. The molecule has 9 heteroatoms. The van der Waals surface area contributed by atoms with Crippen molar-refractivity contribution >= 4 is 34.2 Å². The van der Waals surface area contributed by atoms with Gasteiger partial charge in [0.1, 0.15) is 17.8 Å². The Morgan fingerprint density at radius 3 is 2.46 bits per heavy atom. The van der Waals surface area contributed by atoms with Gasteiger partial charge in [-0.3, -0.25) is 4.79 Å². The molecule has 46 heavy (non-hydrogen) atoms. The highest BCUT2D eigenvalue weighted by Gasteiger charge is 2.24. The predicted octanol–water partition coefficient (Wildman–Crippen LogP) is 6.08. The van der Waals surface area contributed by atoms with Crippen molar-refractivity contribution in [1.29, 1.82) is 0 Å². The number of amides is 3. The summed E-state index contributed by atoms with van der Waals surface area (Å²) >= 11 is 0. The minimum absolute atomic E-state index is 0.122. The van der Waals surface area contributed by atoms with Crippen molar-refractivity contribution in [3.8, 4) is 5.75 Å². The van der Waals surface area contributed by atoms with Crippen molar-refractivity contribution in [2.24, 2.45) is 0 Å². The topological polar surface area (TPSA) is 106 Å². The molecule has 2 aliphatic heterocycles. The SMILES string of the molecule is O=C(NCCNC(=O)c1ccccc1C1CCN(CCN2C=COC(c3cccc(O)c3)=C2)CC1)Nc1ccc2ccccc2c1. The lowest BCUT2D eigenvalue weighted by Crippen LogP contribution is -2.38. The maximum Gasteiger partial charge on any atom is 0.319 e. The van der Waals surface area contributed by atoms with Gasteiger partial charge in [0.2, 0.25) is 0 Å². The van der Waals surface area contributed by atoms with Gasteiger partial charge in [-0.25, -0.2) is 4.79 Å². The number of nitrogens with one attached hydrogen (secondary N) is 3. The zero-order valence-electron chi connectivity index (χ0n) is 25.7. The van der Waals surface area contributed by atoms with Crippen LogP contribution in [-0.2, 0) is 4.74 Å². The lowest BCUT2D eigenvalue weighted by Gasteiger charge is -2.34. The number of aromatic hydroxyl groups is 1. The van der Waals surface area contributed by atoms with Gasteiger partial charge in [-0.2, -0.15) is 0 Å². The summed E-state index contributed by atoms with van der Waals surface area (Å²) in [5.74, 6) is 1.10. The normalized spacial score (nSPS) is 15.2. The molecule has 4 N–H and O–H groups in total. The van der Waals surface area contributed by atoms with Crippen LogP contribution in [0.2, 0.25) is 0 Å². The van der Waals surface area contributed by atoms with E-state index >= 15 is 0 Å². The third kappa shape index (κ3) is 7.86. The van der Waals surface area contributed by atoms with E-state index in [9.17, 15) is 14.7 Å². The Morgan fingerprint density at radius 1 is 0.826 bits per heavy atom. The summed E-state index contributed by atoms with van der Waals surface area (Å²) in [6, 6.07) is 28.4. The van der Waals surface area contributed by atoms with Crippen LogP contribution in [0.1, 0.15) is 40.2 Å². The van der Waals surface area contributed by atoms with Crippen molar-refractivity contribution in [1.82, 2.24) is 20.4 Å². The third-order valence-corrected chi connectivity index (χ3v) is 8.47. The van der Waals surface area contributed by atoms with Crippen LogP contribution < -0.4 is 16.0 Å². The maximum absolute atomic E-state index is 13.2. The highest BCUT2D eigenvalue weighted by molar-refractivity contribution is 5.96. The molecule has 1 saturated heterocycles. The Hall–Kier alpha value is -5.28. The quantitative estimate of drug-likeness (QED) is 0.161. The van der Waals surface area contributed by atoms with Crippen molar-refractivity contribution in [3.63, 3.8) is 0 Å². The molecule has 0 atom stereocenters. The first-order chi connectivity index (χ1) is 22.5. The Balaban J connectivity index is 0.941. The van der Waals surface area contributed by atoms with E-state index in [1.807, 2.05) is 79.1 Å². The van der Waals surface area contributed by atoms with E-state index in [4.69, 9.17) is 4.74 Å². The molecular formula is C37H39N5O4. The second-order valence-electron chi connectivity index (χ2n) is 11.6. The molecule has 2 aliphatic rings. The molecule has 0 radical (unpaired) electrons. The van der Waals surface area contributed by atoms with Gasteiger partial charge >= 0.3 is 6.03 Å². The smallest absolute Gasteiger partial charge is 0.319 e. The van der Waals surface area contributed by atoms with Crippen molar-refractivity contribution in [2.75, 3.05) is 44.6 Å². The number of ether oxygens (including phenoxy) is 1. The van der Waals surface area contributed by atoms with Gasteiger partial charge < -0.3 is 35.6 Å². The Morgan fingerprint density at radius 2 is 1.61 bits per heavy atom. The zero-order chi connectivity index (χ0) is 31.7. The molecule has 0 bridgehead atoms. The Bertz CT molecular complexity index is 1740. The summed E-state index contributed by atoms with van der Waals surface area (Å²) < 4.78 is 5.67. The van der Waals surface area contributed by atoms with Gasteiger partial charge in [0, 0.05) is 55.4 Å². The van der Waals surface area contributed by atoms with Crippen LogP contribution in [0.3, 0.4) is 0 Å². The van der Waals surface area contributed by atoms with Gasteiger partial charge in [0.05, 0.1) is 0 Å². The van der Waals surface area contributed by atoms with Crippen LogP contribution in [0, 0.1) is 0 Å². The molecule has 2 heterocycles. The van der Waals surface area contributed by atoms with Crippen LogP contribution >= 0.6 is 0 Å². The summed E-state index contributed by atoms with van der Waals surface area (Å²) in [5, 5.41) is 20.6. The van der Waals surface area contributed by atoms with E-state index in [0.717, 1.165) is 60.9 Å². The molecule has 0 aromatic heterocycles. The lowest BCUT2D eigenvalue weighted by atomic mass is 9.86. The zero-order valence-corrected chi connectivity index (χ0v) is 25.7. The number of hydrogen-bond donors (Lipinski definition) is 4. The van der Waals surface area contributed by atoms with E-state index in [1.165, 1.54) is 0 Å². The number of benzene rings is 4. The first-order valence-electron chi connectivity index (χ1n) is 15.8. The first kappa shape index (κ1) is 30.7. The van der Waals surface area contributed by atoms with E-state index in [0.29, 0.717) is 36.0 Å².